The summed E-state index contributed by atoms with van der Waals surface area (Å²) in [6, 6.07) is 5.49. The van der Waals surface area contributed by atoms with Crippen molar-refractivity contribution in [3.05, 3.63) is 93.3 Å². The van der Waals surface area contributed by atoms with Crippen molar-refractivity contribution in [2.24, 2.45) is 0 Å². The van der Waals surface area contributed by atoms with Gasteiger partial charge in [-0.1, -0.05) is 6.07 Å². The quantitative estimate of drug-likeness (QED) is 0.149. The molecule has 1 N–H and O–H groups in total. The predicted octanol–water partition coefficient (Wildman–Crippen LogP) is 3.82. The van der Waals surface area contributed by atoms with Crippen LogP contribution >= 0.6 is 0 Å². The van der Waals surface area contributed by atoms with E-state index in [0.717, 1.165) is 50.7 Å². The van der Waals surface area contributed by atoms with E-state index in [-0.39, 0.29) is 11.1 Å². The monoisotopic (exact) mass is 568 g/mol. The molecule has 0 spiro atoms. The van der Waals surface area contributed by atoms with Gasteiger partial charge in [0.05, 0.1) is 18.1 Å². The molecular formula is C24H17F5N4O7. The lowest BCUT2D eigenvalue weighted by Crippen LogP contribution is -2.35. The summed E-state index contributed by atoms with van der Waals surface area (Å²) in [5.74, 6) is -7.31. The Bertz CT molecular complexity index is 1480. The average Bonchev–Trinajstić information content (AvgIpc) is 2.90. The van der Waals surface area contributed by atoms with E-state index in [1.807, 2.05) is 0 Å². The molecule has 210 valence electrons. The first-order valence-electron chi connectivity index (χ1n) is 10.8. The number of pyridine rings is 1. The number of anilines is 1. The topological polar surface area (TPSA) is 141 Å². The minimum atomic E-state index is -5.20. The number of methoxy groups -OCH3 is 1. The molecule has 3 rings (SSSR count). The molecule has 0 saturated heterocycles. The largest absolute Gasteiger partial charge is 0.573 e. The molecule has 16 heteroatoms. The molecule has 1 atom stereocenters. The first kappa shape index (κ1) is 29.4. The number of carbonyl (C=O) groups is 3. The molecule has 1 aromatic heterocycles. The molecule has 3 aromatic rings. The summed E-state index contributed by atoms with van der Waals surface area (Å²) in [6.07, 6.45) is -4.05. The Balaban J connectivity index is 2.04. The third-order valence-electron chi connectivity index (χ3n) is 5.31. The zero-order valence-electron chi connectivity index (χ0n) is 20.4. The van der Waals surface area contributed by atoms with Crippen LogP contribution in [-0.2, 0) is 14.3 Å². The third kappa shape index (κ3) is 6.64. The fourth-order valence-electron chi connectivity index (χ4n) is 3.46. The average molecular weight is 568 g/mol. The van der Waals surface area contributed by atoms with Crippen molar-refractivity contribution in [2.45, 2.75) is 12.4 Å². The second kappa shape index (κ2) is 11.7. The van der Waals surface area contributed by atoms with E-state index in [1.54, 1.807) is 0 Å². The normalized spacial score (nSPS) is 11.8. The summed E-state index contributed by atoms with van der Waals surface area (Å²) in [4.78, 5) is 52.1. The summed E-state index contributed by atoms with van der Waals surface area (Å²) < 4.78 is 74.6. The van der Waals surface area contributed by atoms with Crippen molar-refractivity contribution >= 4 is 29.2 Å². The number of aromatic nitrogens is 1. The van der Waals surface area contributed by atoms with E-state index in [4.69, 9.17) is 0 Å². The van der Waals surface area contributed by atoms with Crippen LogP contribution in [0.2, 0.25) is 0 Å². The number of nitro benzene ring substituents is 1. The van der Waals surface area contributed by atoms with Crippen molar-refractivity contribution < 1.29 is 50.7 Å². The highest BCUT2D eigenvalue weighted by Gasteiger charge is 2.33. The third-order valence-corrected chi connectivity index (χ3v) is 5.31. The molecule has 0 fully saturated rings. The summed E-state index contributed by atoms with van der Waals surface area (Å²) >= 11 is 0. The van der Waals surface area contributed by atoms with Gasteiger partial charge in [-0.3, -0.25) is 29.6 Å². The molecular weight excluding hydrogens is 551 g/mol. The number of alkyl halides is 3. The highest BCUT2D eigenvalue weighted by atomic mass is 19.4. The van der Waals surface area contributed by atoms with Gasteiger partial charge in [-0.05, 0) is 42.0 Å². The van der Waals surface area contributed by atoms with Crippen LogP contribution in [0.25, 0.3) is 0 Å². The number of hydrogen-bond donors (Lipinski definition) is 1. The van der Waals surface area contributed by atoms with Crippen LogP contribution in [0.4, 0.5) is 33.3 Å². The number of esters is 1. The number of benzene rings is 2. The maximum Gasteiger partial charge on any atom is 0.573 e. The van der Waals surface area contributed by atoms with Crippen molar-refractivity contribution in [3.8, 4) is 5.75 Å². The molecule has 0 aliphatic rings. The number of nitrogens with one attached hydrogen (secondary N) is 1. The van der Waals surface area contributed by atoms with Crippen molar-refractivity contribution in [2.75, 3.05) is 19.1 Å². The standard InChI is InChI=1S/C24H17F5N4O7/c1-32(22(35)23(36)39-2)17-11-13(5-7-16(17)33(37)38)21(34)31-19(20-14(25)4-3-9-30-20)12-6-8-18(15(26)10-12)40-24(27,28)29/h3-11,19H,1-2H3,(H,31,34). The van der Waals surface area contributed by atoms with Crippen molar-refractivity contribution in [3.63, 3.8) is 0 Å². The highest BCUT2D eigenvalue weighted by molar-refractivity contribution is 6.38. The molecule has 0 aliphatic heterocycles. The molecule has 2 amide bonds. The van der Waals surface area contributed by atoms with Crippen LogP contribution in [0.15, 0.2) is 54.7 Å². The smallest absolute Gasteiger partial charge is 0.462 e. The van der Waals surface area contributed by atoms with E-state index >= 15 is 0 Å². The van der Waals surface area contributed by atoms with E-state index in [9.17, 15) is 46.5 Å². The maximum absolute atomic E-state index is 14.6. The van der Waals surface area contributed by atoms with Gasteiger partial charge in [0, 0.05) is 24.9 Å². The van der Waals surface area contributed by atoms with Gasteiger partial charge in [-0.25, -0.2) is 13.6 Å². The second-order valence-corrected chi connectivity index (χ2v) is 7.83. The molecule has 1 unspecified atom stereocenters. The van der Waals surface area contributed by atoms with Gasteiger partial charge >= 0.3 is 18.2 Å². The van der Waals surface area contributed by atoms with Crippen molar-refractivity contribution in [1.82, 2.24) is 10.3 Å². The van der Waals surface area contributed by atoms with Gasteiger partial charge in [0.2, 0.25) is 0 Å². The predicted molar refractivity (Wildman–Crippen MR) is 125 cm³/mol. The number of halogens is 5. The van der Waals surface area contributed by atoms with Crippen LogP contribution in [-0.4, -0.2) is 48.2 Å². The Hall–Kier alpha value is -5.15. The first-order valence-corrected chi connectivity index (χ1v) is 10.8. The SMILES string of the molecule is COC(=O)C(=O)N(C)c1cc(C(=O)NC(c2ccc(OC(F)(F)F)c(F)c2)c2ncccc2F)ccc1[N+](=O)[O-]. The number of likely N-dealkylation sites (N-methyl/N-ethyl adjacent to an activating group) is 1. The van der Waals surface area contributed by atoms with Crippen LogP contribution in [0.3, 0.4) is 0 Å². The minimum Gasteiger partial charge on any atom is -0.462 e. The van der Waals surface area contributed by atoms with Crippen LogP contribution in [0, 0.1) is 21.7 Å². The Labute approximate surface area is 221 Å². The highest BCUT2D eigenvalue weighted by Crippen LogP contribution is 2.32. The Morgan fingerprint density at radius 1 is 1.07 bits per heavy atom. The lowest BCUT2D eigenvalue weighted by Gasteiger charge is -2.21. The Morgan fingerprint density at radius 3 is 2.35 bits per heavy atom. The summed E-state index contributed by atoms with van der Waals surface area (Å²) in [7, 11) is 1.93. The van der Waals surface area contributed by atoms with Gasteiger partial charge < -0.3 is 14.8 Å². The van der Waals surface area contributed by atoms with Gasteiger partial charge in [0.25, 0.3) is 11.6 Å². The lowest BCUT2D eigenvalue weighted by atomic mass is 10.0. The molecule has 0 aliphatic carbocycles. The van der Waals surface area contributed by atoms with E-state index in [2.05, 4.69) is 19.8 Å². The first-order chi connectivity index (χ1) is 18.7. The van der Waals surface area contributed by atoms with Gasteiger partial charge in [0.15, 0.2) is 11.6 Å². The van der Waals surface area contributed by atoms with Crippen LogP contribution in [0.5, 0.6) is 5.75 Å². The Morgan fingerprint density at radius 2 is 1.77 bits per heavy atom. The second-order valence-electron chi connectivity index (χ2n) is 7.83. The minimum absolute atomic E-state index is 0.238. The van der Waals surface area contributed by atoms with Gasteiger partial charge in [0.1, 0.15) is 17.2 Å². The number of carbonyl (C=O) groups excluding carboxylic acids is 3. The van der Waals surface area contributed by atoms with E-state index < -0.39 is 69.6 Å². The fraction of sp³-hybridized carbons (Fsp3) is 0.167. The number of nitrogens with zero attached hydrogens (tertiary/aromatic N) is 3. The molecule has 2 aromatic carbocycles. The lowest BCUT2D eigenvalue weighted by molar-refractivity contribution is -0.384. The van der Waals surface area contributed by atoms with Crippen LogP contribution in [0.1, 0.15) is 27.7 Å². The maximum atomic E-state index is 14.6. The molecule has 0 saturated carbocycles. The number of nitro groups is 1. The number of ether oxygens (including phenoxy) is 2. The number of amides is 2. The summed E-state index contributed by atoms with van der Waals surface area (Å²) in [5, 5.41) is 13.8. The fourth-order valence-corrected chi connectivity index (χ4v) is 3.46. The molecule has 11 nitrogen and oxygen atoms in total. The molecule has 1 heterocycles. The summed E-state index contributed by atoms with van der Waals surface area (Å²) in [6.45, 7) is 0. The summed E-state index contributed by atoms with van der Waals surface area (Å²) in [5.41, 5.74) is -2.15. The van der Waals surface area contributed by atoms with Crippen LogP contribution < -0.4 is 15.0 Å². The van der Waals surface area contributed by atoms with E-state index in [1.165, 1.54) is 6.07 Å². The zero-order chi connectivity index (χ0) is 29.8. The number of rotatable bonds is 7. The molecule has 0 bridgehead atoms. The number of hydrogen-bond acceptors (Lipinski definition) is 8. The van der Waals surface area contributed by atoms with Gasteiger partial charge in [-0.15, -0.1) is 13.2 Å². The Kier molecular flexibility index (Phi) is 8.61. The molecule has 40 heavy (non-hydrogen) atoms. The van der Waals surface area contributed by atoms with Gasteiger partial charge in [-0.2, -0.15) is 0 Å². The molecule has 0 radical (unpaired) electrons. The zero-order valence-corrected chi connectivity index (χ0v) is 20.4. The van der Waals surface area contributed by atoms with E-state index in [0.29, 0.717) is 17.0 Å². The van der Waals surface area contributed by atoms with Crippen molar-refractivity contribution in [1.29, 1.82) is 0 Å².